The summed E-state index contributed by atoms with van der Waals surface area (Å²) in [6.07, 6.45) is 2.57. The van der Waals surface area contributed by atoms with Crippen LogP contribution in [0, 0.1) is 0 Å². The lowest BCUT2D eigenvalue weighted by Crippen LogP contribution is -2.37. The Labute approximate surface area is 100 Å². The van der Waals surface area contributed by atoms with Gasteiger partial charge in [0.2, 0.25) is 0 Å². The number of hydrogen-bond donors (Lipinski definition) is 3. The van der Waals surface area contributed by atoms with E-state index in [9.17, 15) is 4.79 Å². The summed E-state index contributed by atoms with van der Waals surface area (Å²) in [6.45, 7) is 1.90. The van der Waals surface area contributed by atoms with E-state index in [0.29, 0.717) is 11.4 Å². The minimum atomic E-state index is -0.133. The van der Waals surface area contributed by atoms with Crippen LogP contribution in [0.1, 0.15) is 16.8 Å². The first-order valence-corrected chi connectivity index (χ1v) is 5.61. The van der Waals surface area contributed by atoms with E-state index in [1.165, 1.54) is 0 Å². The Balaban J connectivity index is 2.04. The quantitative estimate of drug-likeness (QED) is 0.499. The van der Waals surface area contributed by atoms with E-state index in [0.717, 1.165) is 19.5 Å². The molecule has 0 bridgehead atoms. The van der Waals surface area contributed by atoms with E-state index < -0.39 is 0 Å². The lowest BCUT2D eigenvalue weighted by molar-refractivity contribution is 0.0939. The average molecular weight is 235 g/mol. The number of hydrogen-bond acceptors (Lipinski definition) is 5. The molecule has 1 atom stereocenters. The van der Waals surface area contributed by atoms with Gasteiger partial charge in [0.05, 0.1) is 5.56 Å². The second kappa shape index (κ2) is 5.11. The summed E-state index contributed by atoms with van der Waals surface area (Å²) in [7, 11) is 2.04. The smallest absolute Gasteiger partial charge is 0.255 e. The highest BCUT2D eigenvalue weighted by Gasteiger charge is 2.22. The van der Waals surface area contributed by atoms with Crippen LogP contribution < -0.4 is 16.6 Å². The summed E-state index contributed by atoms with van der Waals surface area (Å²) in [6, 6.07) is 3.63. The Bertz CT molecular complexity index is 409. The van der Waals surface area contributed by atoms with Crippen LogP contribution in [0.15, 0.2) is 18.3 Å². The van der Waals surface area contributed by atoms with Crippen molar-refractivity contribution in [1.82, 2.24) is 15.2 Å². The molecular formula is C11H17N5O. The molecule has 1 unspecified atom stereocenters. The van der Waals surface area contributed by atoms with Crippen molar-refractivity contribution in [3.63, 3.8) is 0 Å². The number of nitrogens with two attached hydrogens (primary N) is 1. The third-order valence-corrected chi connectivity index (χ3v) is 2.92. The van der Waals surface area contributed by atoms with Crippen LogP contribution in [0.25, 0.3) is 0 Å². The van der Waals surface area contributed by atoms with Crippen molar-refractivity contribution < 1.29 is 4.79 Å². The van der Waals surface area contributed by atoms with Gasteiger partial charge in [-0.3, -0.25) is 4.79 Å². The molecule has 0 radical (unpaired) electrons. The van der Waals surface area contributed by atoms with Crippen LogP contribution in [0.2, 0.25) is 0 Å². The summed E-state index contributed by atoms with van der Waals surface area (Å²) in [5, 5.41) is 2.98. The second-order valence-electron chi connectivity index (χ2n) is 4.27. The summed E-state index contributed by atoms with van der Waals surface area (Å²) in [5.74, 6) is 5.58. The summed E-state index contributed by atoms with van der Waals surface area (Å²) in [5.41, 5.74) is 2.90. The number of likely N-dealkylation sites (N-methyl/N-ethyl adjacent to an activating group) is 1. The lowest BCUT2D eigenvalue weighted by Gasteiger charge is -2.14. The van der Waals surface area contributed by atoms with Gasteiger partial charge in [0.1, 0.15) is 0 Å². The molecule has 2 heterocycles. The maximum Gasteiger partial charge on any atom is 0.255 e. The fourth-order valence-corrected chi connectivity index (χ4v) is 2.02. The molecule has 17 heavy (non-hydrogen) atoms. The lowest BCUT2D eigenvalue weighted by atomic mass is 10.2. The molecule has 1 aromatic rings. The molecule has 1 saturated heterocycles. The van der Waals surface area contributed by atoms with Gasteiger partial charge >= 0.3 is 0 Å². The maximum absolute atomic E-state index is 12.0. The molecular weight excluding hydrogens is 218 g/mol. The van der Waals surface area contributed by atoms with Crippen LogP contribution >= 0.6 is 0 Å². The Hall–Kier alpha value is -1.66. The molecule has 6 heteroatoms. The zero-order valence-corrected chi connectivity index (χ0v) is 9.81. The molecule has 2 rings (SSSR count). The first kappa shape index (κ1) is 11.8. The van der Waals surface area contributed by atoms with Crippen molar-refractivity contribution in [3.05, 3.63) is 23.9 Å². The first-order chi connectivity index (χ1) is 8.20. The first-order valence-electron chi connectivity index (χ1n) is 5.61. The third kappa shape index (κ3) is 2.72. The number of carbonyl (C=O) groups is 1. The standard InChI is InChI=1S/C11H17N5O/c1-16-6-4-8(7-16)14-11(17)9-3-2-5-13-10(9)15-12/h2-3,5,8H,4,6-7,12H2,1H3,(H,13,15)(H,14,17). The maximum atomic E-state index is 12.0. The van der Waals surface area contributed by atoms with E-state index in [-0.39, 0.29) is 11.9 Å². The van der Waals surface area contributed by atoms with Crippen LogP contribution in [-0.2, 0) is 0 Å². The Morgan fingerprint density at radius 3 is 3.12 bits per heavy atom. The monoisotopic (exact) mass is 235 g/mol. The van der Waals surface area contributed by atoms with Gasteiger partial charge in [-0.15, -0.1) is 0 Å². The number of pyridine rings is 1. The molecule has 0 saturated carbocycles. The molecule has 1 fully saturated rings. The largest absolute Gasteiger partial charge is 0.348 e. The predicted octanol–water partition coefficient (Wildman–Crippen LogP) is -0.199. The van der Waals surface area contributed by atoms with Gasteiger partial charge in [0.25, 0.3) is 5.91 Å². The molecule has 1 aliphatic heterocycles. The number of nitrogens with one attached hydrogen (secondary N) is 2. The number of hydrazine groups is 1. The number of likely N-dealkylation sites (tertiary alicyclic amines) is 1. The molecule has 0 aliphatic carbocycles. The van der Waals surface area contributed by atoms with Crippen LogP contribution in [0.4, 0.5) is 5.82 Å². The van der Waals surface area contributed by atoms with Gasteiger partial charge < -0.3 is 15.6 Å². The number of anilines is 1. The van der Waals surface area contributed by atoms with Gasteiger partial charge in [-0.25, -0.2) is 10.8 Å². The minimum Gasteiger partial charge on any atom is -0.348 e. The number of amides is 1. The highest BCUT2D eigenvalue weighted by molar-refractivity contribution is 5.98. The van der Waals surface area contributed by atoms with Crippen molar-refractivity contribution in [1.29, 1.82) is 0 Å². The van der Waals surface area contributed by atoms with E-state index in [4.69, 9.17) is 5.84 Å². The molecule has 92 valence electrons. The highest BCUT2D eigenvalue weighted by Crippen LogP contribution is 2.12. The minimum absolute atomic E-state index is 0.133. The van der Waals surface area contributed by atoms with Gasteiger partial charge in [-0.2, -0.15) is 0 Å². The third-order valence-electron chi connectivity index (χ3n) is 2.92. The topological polar surface area (TPSA) is 83.3 Å². The van der Waals surface area contributed by atoms with Crippen molar-refractivity contribution in [2.75, 3.05) is 25.6 Å². The van der Waals surface area contributed by atoms with Crippen molar-refractivity contribution in [2.24, 2.45) is 5.84 Å². The normalized spacial score (nSPS) is 20.2. The Morgan fingerprint density at radius 2 is 2.47 bits per heavy atom. The van der Waals surface area contributed by atoms with Crippen molar-refractivity contribution in [3.8, 4) is 0 Å². The number of aromatic nitrogens is 1. The highest BCUT2D eigenvalue weighted by atomic mass is 16.1. The summed E-state index contributed by atoms with van der Waals surface area (Å²) in [4.78, 5) is 18.2. The van der Waals surface area contributed by atoms with Gasteiger partial charge in [-0.1, -0.05) is 0 Å². The molecule has 1 aliphatic rings. The number of carbonyl (C=O) groups excluding carboxylic acids is 1. The SMILES string of the molecule is CN1CCC(NC(=O)c2cccnc2NN)C1. The molecule has 1 aromatic heterocycles. The summed E-state index contributed by atoms with van der Waals surface area (Å²) < 4.78 is 0. The number of rotatable bonds is 3. The Kier molecular flexibility index (Phi) is 3.55. The van der Waals surface area contributed by atoms with E-state index in [1.54, 1.807) is 18.3 Å². The molecule has 0 aromatic carbocycles. The molecule has 1 amide bonds. The average Bonchev–Trinajstić information content (AvgIpc) is 2.74. The molecule has 0 spiro atoms. The van der Waals surface area contributed by atoms with Gasteiger partial charge in [0, 0.05) is 18.8 Å². The van der Waals surface area contributed by atoms with Gasteiger partial charge in [-0.05, 0) is 32.1 Å². The van der Waals surface area contributed by atoms with E-state index in [2.05, 4.69) is 20.6 Å². The van der Waals surface area contributed by atoms with Crippen LogP contribution in [0.3, 0.4) is 0 Å². The van der Waals surface area contributed by atoms with Crippen LogP contribution in [0.5, 0.6) is 0 Å². The molecule has 6 nitrogen and oxygen atoms in total. The summed E-state index contributed by atoms with van der Waals surface area (Å²) >= 11 is 0. The number of nitrogens with zero attached hydrogens (tertiary/aromatic N) is 2. The van der Waals surface area contributed by atoms with Gasteiger partial charge in [0.15, 0.2) is 5.82 Å². The Morgan fingerprint density at radius 1 is 1.65 bits per heavy atom. The second-order valence-corrected chi connectivity index (χ2v) is 4.27. The fraction of sp³-hybridized carbons (Fsp3) is 0.455. The van der Waals surface area contributed by atoms with Crippen molar-refractivity contribution >= 4 is 11.7 Å². The number of nitrogen functional groups attached to an aromatic ring is 1. The van der Waals surface area contributed by atoms with Crippen molar-refractivity contribution in [2.45, 2.75) is 12.5 Å². The van der Waals surface area contributed by atoms with E-state index in [1.807, 2.05) is 7.05 Å². The zero-order valence-electron chi connectivity index (χ0n) is 9.81. The van der Waals surface area contributed by atoms with E-state index >= 15 is 0 Å². The van der Waals surface area contributed by atoms with Crippen LogP contribution in [-0.4, -0.2) is 42.0 Å². The predicted molar refractivity (Wildman–Crippen MR) is 65.4 cm³/mol. The molecule has 4 N–H and O–H groups in total. The zero-order chi connectivity index (χ0) is 12.3. The fourth-order valence-electron chi connectivity index (χ4n) is 2.02.